The minimum atomic E-state index is -1.10. The van der Waals surface area contributed by atoms with Crippen LogP contribution in [0.1, 0.15) is 12.0 Å². The molecule has 26 heavy (non-hydrogen) atoms. The Bertz CT molecular complexity index is 1070. The molecule has 136 valence electrons. The average molecular weight is 361 g/mol. The fourth-order valence-electron chi connectivity index (χ4n) is 3.01. The highest BCUT2D eigenvalue weighted by Gasteiger charge is 2.21. The number of nitrogen functional groups attached to an aromatic ring is 1. The van der Waals surface area contributed by atoms with Crippen LogP contribution in [-0.4, -0.2) is 22.2 Å². The number of rotatable bonds is 4. The maximum absolute atomic E-state index is 14.2. The first-order valence-corrected chi connectivity index (χ1v) is 7.86. The van der Waals surface area contributed by atoms with Crippen molar-refractivity contribution < 1.29 is 18.3 Å². The Morgan fingerprint density at radius 3 is 2.65 bits per heavy atom. The van der Waals surface area contributed by atoms with Crippen molar-refractivity contribution in [1.29, 1.82) is 0 Å². The molecule has 0 amide bonds. The van der Waals surface area contributed by atoms with E-state index in [2.05, 4.69) is 4.74 Å². The number of carbonyl (C=O) groups is 1. The summed E-state index contributed by atoms with van der Waals surface area (Å²) < 4.78 is 34.8. The number of aromatic nitrogens is 2. The Labute approximate surface area is 147 Å². The summed E-state index contributed by atoms with van der Waals surface area (Å²) in [5.74, 6) is -2.55. The number of methoxy groups -OCH3 is 1. The van der Waals surface area contributed by atoms with Gasteiger partial charge >= 0.3 is 11.7 Å². The van der Waals surface area contributed by atoms with E-state index in [9.17, 15) is 18.4 Å². The summed E-state index contributed by atoms with van der Waals surface area (Å²) in [6, 6.07) is 7.24. The molecule has 0 aliphatic rings. The number of imidazole rings is 1. The van der Waals surface area contributed by atoms with Gasteiger partial charge in [-0.25, -0.2) is 13.6 Å². The highest BCUT2D eigenvalue weighted by atomic mass is 19.2. The van der Waals surface area contributed by atoms with E-state index in [0.717, 1.165) is 10.6 Å². The lowest BCUT2D eigenvalue weighted by molar-refractivity contribution is -0.140. The highest BCUT2D eigenvalue weighted by Crippen LogP contribution is 2.27. The number of benzene rings is 2. The molecule has 3 rings (SSSR count). The van der Waals surface area contributed by atoms with Crippen molar-refractivity contribution in [1.82, 2.24) is 9.13 Å². The Kier molecular flexibility index (Phi) is 4.50. The molecule has 6 nitrogen and oxygen atoms in total. The second-order valence-corrected chi connectivity index (χ2v) is 5.83. The summed E-state index contributed by atoms with van der Waals surface area (Å²) in [6.07, 6.45) is 0.307. The lowest BCUT2D eigenvalue weighted by atomic mass is 10.0. The molecule has 0 aliphatic heterocycles. The second kappa shape index (κ2) is 6.62. The lowest BCUT2D eigenvalue weighted by Crippen LogP contribution is -2.22. The van der Waals surface area contributed by atoms with Crippen molar-refractivity contribution >= 4 is 22.7 Å². The molecule has 1 heterocycles. The predicted octanol–water partition coefficient (Wildman–Crippen LogP) is 2.30. The molecule has 0 radical (unpaired) electrons. The van der Waals surface area contributed by atoms with Gasteiger partial charge in [0, 0.05) is 19.2 Å². The number of halogens is 2. The third kappa shape index (κ3) is 2.73. The van der Waals surface area contributed by atoms with Crippen LogP contribution in [0, 0.1) is 11.6 Å². The van der Waals surface area contributed by atoms with Crippen molar-refractivity contribution in [2.45, 2.75) is 12.8 Å². The normalized spacial score (nSPS) is 11.1. The minimum Gasteiger partial charge on any atom is -0.469 e. The van der Waals surface area contributed by atoms with Gasteiger partial charge < -0.3 is 10.5 Å². The number of ether oxygens (including phenoxy) is 1. The van der Waals surface area contributed by atoms with Gasteiger partial charge in [0.1, 0.15) is 5.52 Å². The second-order valence-electron chi connectivity index (χ2n) is 5.83. The van der Waals surface area contributed by atoms with Gasteiger partial charge in [0.2, 0.25) is 0 Å². The molecule has 0 atom stereocenters. The number of anilines is 1. The zero-order chi connectivity index (χ0) is 19.0. The van der Waals surface area contributed by atoms with E-state index in [4.69, 9.17) is 5.73 Å². The van der Waals surface area contributed by atoms with Gasteiger partial charge in [-0.2, -0.15) is 0 Å². The number of aryl methyl sites for hydroxylation is 1. The van der Waals surface area contributed by atoms with Crippen LogP contribution in [0.2, 0.25) is 0 Å². The molecular weight excluding hydrogens is 344 g/mol. The number of carbonyl (C=O) groups excluding carboxylic acids is 1. The number of hydrogen-bond donors (Lipinski definition) is 1. The third-order valence-corrected chi connectivity index (χ3v) is 4.34. The van der Waals surface area contributed by atoms with E-state index < -0.39 is 23.3 Å². The molecule has 1 aromatic heterocycles. The van der Waals surface area contributed by atoms with Gasteiger partial charge in [0.25, 0.3) is 0 Å². The average Bonchev–Trinajstić information content (AvgIpc) is 2.88. The van der Waals surface area contributed by atoms with E-state index in [1.54, 1.807) is 18.2 Å². The fourth-order valence-corrected chi connectivity index (χ4v) is 3.01. The zero-order valence-electron chi connectivity index (χ0n) is 14.3. The van der Waals surface area contributed by atoms with Crippen LogP contribution in [0.3, 0.4) is 0 Å². The molecule has 3 aromatic rings. The van der Waals surface area contributed by atoms with Gasteiger partial charge in [0.05, 0.1) is 18.3 Å². The smallest absolute Gasteiger partial charge is 0.333 e. The summed E-state index contributed by atoms with van der Waals surface area (Å²) in [5.41, 5.74) is 6.91. The Balaban J connectivity index is 2.27. The summed E-state index contributed by atoms with van der Waals surface area (Å²) in [7, 11) is 2.65. The Hall–Kier alpha value is -3.16. The van der Waals surface area contributed by atoms with Gasteiger partial charge in [0.15, 0.2) is 11.6 Å². The summed E-state index contributed by atoms with van der Waals surface area (Å²) >= 11 is 0. The number of hydrogen-bond acceptors (Lipinski definition) is 4. The molecule has 2 N–H and O–H groups in total. The van der Waals surface area contributed by atoms with E-state index in [0.29, 0.717) is 16.9 Å². The molecule has 0 saturated carbocycles. The fraction of sp³-hybridized carbons (Fsp3) is 0.222. The first kappa shape index (κ1) is 17.7. The van der Waals surface area contributed by atoms with Gasteiger partial charge in [-0.1, -0.05) is 6.07 Å². The molecule has 2 aromatic carbocycles. The molecule has 0 unspecified atom stereocenters. The SMILES string of the molecule is COC(=O)CCc1c(N)cccc1-n1c(=O)n(C)c2c(F)c(F)ccc21. The van der Waals surface area contributed by atoms with Crippen molar-refractivity contribution in [3.63, 3.8) is 0 Å². The minimum absolute atomic E-state index is 0.0697. The molecule has 0 fully saturated rings. The van der Waals surface area contributed by atoms with E-state index in [-0.39, 0.29) is 23.9 Å². The van der Waals surface area contributed by atoms with E-state index in [1.165, 1.54) is 24.8 Å². The number of nitrogens with zero attached hydrogens (tertiary/aromatic N) is 2. The van der Waals surface area contributed by atoms with Crippen LogP contribution in [-0.2, 0) is 23.0 Å². The summed E-state index contributed by atoms with van der Waals surface area (Å²) in [6.45, 7) is 0. The van der Waals surface area contributed by atoms with E-state index in [1.807, 2.05) is 0 Å². The van der Waals surface area contributed by atoms with Crippen molar-refractivity contribution in [2.75, 3.05) is 12.8 Å². The van der Waals surface area contributed by atoms with Crippen LogP contribution in [0.15, 0.2) is 35.1 Å². The molecule has 0 spiro atoms. The molecular formula is C18H17F2N3O3. The number of nitrogens with two attached hydrogens (primary N) is 1. The Morgan fingerprint density at radius 2 is 1.96 bits per heavy atom. The third-order valence-electron chi connectivity index (χ3n) is 4.34. The first-order chi connectivity index (χ1) is 12.4. The standard InChI is InChI=1S/C18H17F2N3O3/c1-22-17-14(8-7-11(19)16(17)20)23(18(22)25)13-5-3-4-12(21)10(13)6-9-15(24)26-2/h3-5,7-8H,6,9,21H2,1-2H3. The lowest BCUT2D eigenvalue weighted by Gasteiger charge is -2.13. The summed E-state index contributed by atoms with van der Waals surface area (Å²) in [5, 5.41) is 0. The summed E-state index contributed by atoms with van der Waals surface area (Å²) in [4.78, 5) is 24.2. The number of esters is 1. The zero-order valence-corrected chi connectivity index (χ0v) is 14.3. The first-order valence-electron chi connectivity index (χ1n) is 7.86. The van der Waals surface area contributed by atoms with Crippen LogP contribution < -0.4 is 11.4 Å². The topological polar surface area (TPSA) is 79.2 Å². The van der Waals surface area contributed by atoms with Crippen molar-refractivity contribution in [3.8, 4) is 5.69 Å². The van der Waals surface area contributed by atoms with Crippen molar-refractivity contribution in [2.24, 2.45) is 7.05 Å². The highest BCUT2D eigenvalue weighted by molar-refractivity contribution is 5.80. The maximum atomic E-state index is 14.2. The predicted molar refractivity (Wildman–Crippen MR) is 93.2 cm³/mol. The maximum Gasteiger partial charge on any atom is 0.333 e. The monoisotopic (exact) mass is 361 g/mol. The number of fused-ring (bicyclic) bond motifs is 1. The van der Waals surface area contributed by atoms with Gasteiger partial charge in [-0.3, -0.25) is 13.9 Å². The van der Waals surface area contributed by atoms with Crippen LogP contribution in [0.25, 0.3) is 16.7 Å². The van der Waals surface area contributed by atoms with Crippen LogP contribution >= 0.6 is 0 Å². The van der Waals surface area contributed by atoms with Crippen molar-refractivity contribution in [3.05, 3.63) is 58.0 Å². The molecule has 8 heteroatoms. The van der Waals surface area contributed by atoms with Crippen LogP contribution in [0.5, 0.6) is 0 Å². The van der Waals surface area contributed by atoms with E-state index >= 15 is 0 Å². The van der Waals surface area contributed by atoms with Gasteiger partial charge in [-0.15, -0.1) is 0 Å². The molecule has 0 bridgehead atoms. The van der Waals surface area contributed by atoms with Gasteiger partial charge in [-0.05, 0) is 36.2 Å². The molecule has 0 saturated heterocycles. The quantitative estimate of drug-likeness (QED) is 0.571. The van der Waals surface area contributed by atoms with Crippen LogP contribution in [0.4, 0.5) is 14.5 Å². The Morgan fingerprint density at radius 1 is 1.23 bits per heavy atom. The molecule has 0 aliphatic carbocycles. The largest absolute Gasteiger partial charge is 0.469 e.